The summed E-state index contributed by atoms with van der Waals surface area (Å²) in [6.07, 6.45) is 4.66. The minimum absolute atomic E-state index is 0.535. The number of ether oxygens (including phenoxy) is 2. The van der Waals surface area contributed by atoms with Crippen LogP contribution in [0.15, 0.2) is 46.9 Å². The maximum atomic E-state index is 6.10. The van der Waals surface area contributed by atoms with Gasteiger partial charge in [-0.25, -0.2) is 4.98 Å². The van der Waals surface area contributed by atoms with Gasteiger partial charge in [-0.1, -0.05) is 0 Å². The van der Waals surface area contributed by atoms with Crippen molar-refractivity contribution in [1.29, 1.82) is 0 Å². The number of hydrogen-bond donors (Lipinski definition) is 0. The zero-order valence-electron chi connectivity index (χ0n) is 24.8. The Morgan fingerprint density at radius 1 is 0.975 bits per heavy atom. The normalized spacial score (nSPS) is 24.5. The summed E-state index contributed by atoms with van der Waals surface area (Å²) in [6.45, 7) is 9.77. The molecule has 1 aromatic heterocycles. The van der Waals surface area contributed by atoms with Gasteiger partial charge in [0, 0.05) is 50.3 Å². The molecule has 6 rings (SSSR count). The lowest BCUT2D eigenvalue weighted by Crippen LogP contribution is -2.32. The minimum atomic E-state index is 0.535. The van der Waals surface area contributed by atoms with Gasteiger partial charge in [-0.05, 0) is 76.3 Å². The van der Waals surface area contributed by atoms with Crippen molar-refractivity contribution in [1.82, 2.24) is 19.7 Å². The number of likely N-dealkylation sites (tertiary alicyclic amines) is 2. The fourth-order valence-electron chi connectivity index (χ4n) is 6.66. The van der Waals surface area contributed by atoms with Crippen LogP contribution in [0.2, 0.25) is 0 Å². The third-order valence-electron chi connectivity index (χ3n) is 9.50. The summed E-state index contributed by atoms with van der Waals surface area (Å²) in [5.74, 6) is 2.34. The molecule has 4 heterocycles. The Bertz CT molecular complexity index is 1290. The molecule has 3 aliphatic heterocycles. The number of rotatable bonds is 12. The van der Waals surface area contributed by atoms with Crippen LogP contribution in [-0.4, -0.2) is 123 Å². The largest absolute Gasteiger partial charge is 0.494 e. The zero-order valence-corrected chi connectivity index (χ0v) is 24.8. The lowest BCUT2D eigenvalue weighted by atomic mass is 10.1. The molecule has 0 radical (unpaired) electrons. The van der Waals surface area contributed by atoms with E-state index in [0.29, 0.717) is 24.1 Å². The van der Waals surface area contributed by atoms with E-state index >= 15 is 0 Å². The summed E-state index contributed by atoms with van der Waals surface area (Å²) in [6, 6.07) is 14.7. The van der Waals surface area contributed by atoms with Crippen molar-refractivity contribution in [3.8, 4) is 23.0 Å². The van der Waals surface area contributed by atoms with E-state index in [9.17, 15) is 0 Å². The van der Waals surface area contributed by atoms with Crippen LogP contribution in [0.3, 0.4) is 0 Å². The average Bonchev–Trinajstić information content (AvgIpc) is 3.46. The molecule has 8 heteroatoms. The van der Waals surface area contributed by atoms with Gasteiger partial charge in [-0.2, -0.15) is 0 Å². The second kappa shape index (κ2) is 11.3. The fraction of sp³-hybridized carbons (Fsp3) is 0.594. The molecule has 40 heavy (non-hydrogen) atoms. The summed E-state index contributed by atoms with van der Waals surface area (Å²) in [5.41, 5.74) is 3.07. The Labute approximate surface area is 239 Å². The molecule has 8 nitrogen and oxygen atoms in total. The van der Waals surface area contributed by atoms with E-state index in [-0.39, 0.29) is 0 Å². The predicted octanol–water partition coefficient (Wildman–Crippen LogP) is 4.20. The molecular weight excluding hydrogens is 502 g/mol. The monoisotopic (exact) mass is 548 g/mol. The van der Waals surface area contributed by atoms with Crippen LogP contribution in [0, 0.1) is 0 Å². The van der Waals surface area contributed by atoms with Crippen molar-refractivity contribution in [3.05, 3.63) is 42.5 Å². The van der Waals surface area contributed by atoms with Crippen LogP contribution in [-0.2, 0) is 0 Å². The summed E-state index contributed by atoms with van der Waals surface area (Å²) in [5, 5.41) is 0. The van der Waals surface area contributed by atoms with Crippen LogP contribution in [0.1, 0.15) is 25.7 Å². The molecular formula is C32H46N5O3+. The number of fused-ring (bicyclic) bond motifs is 1. The first-order valence-corrected chi connectivity index (χ1v) is 15.0. The molecule has 3 saturated heterocycles. The van der Waals surface area contributed by atoms with Crippen molar-refractivity contribution in [2.45, 2.75) is 37.3 Å². The summed E-state index contributed by atoms with van der Waals surface area (Å²) < 4.78 is 19.4. The quantitative estimate of drug-likeness (QED) is 0.191. The van der Waals surface area contributed by atoms with Crippen molar-refractivity contribution in [3.63, 3.8) is 0 Å². The predicted molar refractivity (Wildman–Crippen MR) is 159 cm³/mol. The fourth-order valence-corrected chi connectivity index (χ4v) is 6.66. The van der Waals surface area contributed by atoms with E-state index in [4.69, 9.17) is 18.9 Å². The maximum absolute atomic E-state index is 6.10. The van der Waals surface area contributed by atoms with Gasteiger partial charge in [0.15, 0.2) is 11.1 Å². The molecule has 3 fully saturated rings. The Morgan fingerprint density at radius 3 is 2.35 bits per heavy atom. The number of oxazole rings is 1. The van der Waals surface area contributed by atoms with Crippen molar-refractivity contribution in [2.24, 2.45) is 0 Å². The van der Waals surface area contributed by atoms with Crippen LogP contribution in [0.4, 0.5) is 0 Å². The number of nitrogens with zero attached hydrogens (tertiary/aromatic N) is 5. The summed E-state index contributed by atoms with van der Waals surface area (Å²) >= 11 is 0. The Hall–Kier alpha value is -2.65. The molecule has 216 valence electrons. The number of hydrogen-bond acceptors (Lipinski definition) is 7. The van der Waals surface area contributed by atoms with Gasteiger partial charge in [0.25, 0.3) is 0 Å². The standard InChI is InChI=1S/C32H46N5O3/c1-34(2)26-13-17-35(22-26)15-5-19-38-27-9-7-25(8-10-27)31-33-29-12-11-28(21-30(29)40-31)39-20-6-16-36-18-14-32(23-36)24-37(32,3)4/h7-12,21,26H,5-6,13-20,22-24H2,1-4H3/q+1/t26-,32-/m1/s1. The molecule has 0 aliphatic carbocycles. The average molecular weight is 549 g/mol. The first-order chi connectivity index (χ1) is 19.3. The van der Waals surface area contributed by atoms with Gasteiger partial charge >= 0.3 is 0 Å². The SMILES string of the molecule is CN(C)[C@@H]1CCN(CCCOc2ccc(-c3nc4ccc(OCCCN5CC[C@@]6(C5)C[N+]6(C)C)cc4o3)cc2)C1. The van der Waals surface area contributed by atoms with Gasteiger partial charge in [0.05, 0.1) is 33.9 Å². The maximum Gasteiger partial charge on any atom is 0.227 e. The Kier molecular flexibility index (Phi) is 7.79. The van der Waals surface area contributed by atoms with Gasteiger partial charge in [0.2, 0.25) is 5.89 Å². The van der Waals surface area contributed by atoms with Crippen LogP contribution < -0.4 is 9.47 Å². The zero-order chi connectivity index (χ0) is 27.7. The Morgan fingerprint density at radius 2 is 1.68 bits per heavy atom. The number of quaternary nitrogens is 1. The van der Waals surface area contributed by atoms with Crippen LogP contribution in [0.25, 0.3) is 22.6 Å². The summed E-state index contributed by atoms with van der Waals surface area (Å²) in [4.78, 5) is 12.2. The third kappa shape index (κ3) is 6.00. The molecule has 2 atom stereocenters. The molecule has 2 aromatic carbocycles. The molecule has 1 spiro atoms. The second-order valence-corrected chi connectivity index (χ2v) is 12.9. The van der Waals surface area contributed by atoms with Gasteiger partial charge in [0.1, 0.15) is 23.6 Å². The topological polar surface area (TPSA) is 54.2 Å². The van der Waals surface area contributed by atoms with Crippen LogP contribution >= 0.6 is 0 Å². The van der Waals surface area contributed by atoms with Gasteiger partial charge < -0.3 is 28.2 Å². The van der Waals surface area contributed by atoms with E-state index < -0.39 is 0 Å². The molecule has 3 aromatic rings. The van der Waals surface area contributed by atoms with Gasteiger partial charge in [-0.3, -0.25) is 4.90 Å². The van der Waals surface area contributed by atoms with Crippen molar-refractivity contribution >= 4 is 11.1 Å². The molecule has 0 unspecified atom stereocenters. The van der Waals surface area contributed by atoms with Crippen LogP contribution in [0.5, 0.6) is 11.5 Å². The first-order valence-electron chi connectivity index (χ1n) is 15.0. The Balaban J connectivity index is 0.940. The molecule has 3 aliphatic rings. The van der Waals surface area contributed by atoms with E-state index in [1.54, 1.807) is 0 Å². The molecule has 0 amide bonds. The second-order valence-electron chi connectivity index (χ2n) is 12.9. The minimum Gasteiger partial charge on any atom is -0.494 e. The number of aromatic nitrogens is 1. The van der Waals surface area contributed by atoms with Crippen molar-refractivity contribution < 1.29 is 18.4 Å². The highest BCUT2D eigenvalue weighted by Gasteiger charge is 2.66. The van der Waals surface area contributed by atoms with Crippen molar-refractivity contribution in [2.75, 3.05) is 87.2 Å². The lowest BCUT2D eigenvalue weighted by Gasteiger charge is -2.20. The molecule has 0 bridgehead atoms. The number of benzene rings is 2. The smallest absolute Gasteiger partial charge is 0.227 e. The lowest BCUT2D eigenvalue weighted by molar-refractivity contribution is -0.785. The highest BCUT2D eigenvalue weighted by atomic mass is 16.5. The van der Waals surface area contributed by atoms with E-state index in [1.165, 1.54) is 43.5 Å². The van der Waals surface area contributed by atoms with E-state index in [2.05, 4.69) is 42.9 Å². The first kappa shape index (κ1) is 27.5. The third-order valence-corrected chi connectivity index (χ3v) is 9.50. The number of likely N-dealkylation sites (N-methyl/N-ethyl adjacent to an activating group) is 2. The molecule has 0 N–H and O–H groups in total. The molecule has 0 saturated carbocycles. The van der Waals surface area contributed by atoms with E-state index in [0.717, 1.165) is 67.2 Å². The summed E-state index contributed by atoms with van der Waals surface area (Å²) in [7, 11) is 9.07. The van der Waals surface area contributed by atoms with E-state index in [1.807, 2.05) is 42.5 Å². The highest BCUT2D eigenvalue weighted by Crippen LogP contribution is 2.45. The van der Waals surface area contributed by atoms with Gasteiger partial charge in [-0.15, -0.1) is 0 Å². The highest BCUT2D eigenvalue weighted by molar-refractivity contribution is 5.77.